The van der Waals surface area contributed by atoms with Gasteiger partial charge in [-0.05, 0) is 29.3 Å². The molecular weight excluding hydrogens is 336 g/mol. The highest BCUT2D eigenvalue weighted by Crippen LogP contribution is 2.37. The summed E-state index contributed by atoms with van der Waals surface area (Å²) < 4.78 is 8.01. The number of hydrogen-bond acceptors (Lipinski definition) is 3. The molecule has 0 bridgehead atoms. The molecule has 132 valence electrons. The predicted octanol–water partition coefficient (Wildman–Crippen LogP) is 4.92. The Morgan fingerprint density at radius 2 is 1.96 bits per heavy atom. The van der Waals surface area contributed by atoms with Crippen LogP contribution in [0.25, 0.3) is 28.2 Å². The zero-order chi connectivity index (χ0) is 18.4. The Labute approximate surface area is 157 Å². The Kier molecular flexibility index (Phi) is 3.50. The van der Waals surface area contributed by atoms with Crippen molar-refractivity contribution < 1.29 is 9.84 Å². The topological polar surface area (TPSA) is 47.3 Å². The summed E-state index contributed by atoms with van der Waals surface area (Å²) in [6, 6.07) is 17.7. The minimum atomic E-state index is 0.218. The highest BCUT2D eigenvalue weighted by Gasteiger charge is 2.19. The molecule has 1 aliphatic heterocycles. The molecule has 4 heteroatoms. The molecule has 0 saturated carbocycles. The molecule has 0 unspecified atom stereocenters. The van der Waals surface area contributed by atoms with E-state index in [0.717, 1.165) is 44.8 Å². The summed E-state index contributed by atoms with van der Waals surface area (Å²) in [5.74, 6) is 1.81. The molecule has 4 nitrogen and oxygen atoms in total. The van der Waals surface area contributed by atoms with Crippen LogP contribution in [0.2, 0.25) is 0 Å². The number of fused-ring (bicyclic) bond motifs is 2. The fourth-order valence-corrected chi connectivity index (χ4v) is 3.71. The lowest BCUT2D eigenvalue weighted by Gasteiger charge is -2.05. The van der Waals surface area contributed by atoms with E-state index in [1.165, 1.54) is 0 Å². The Morgan fingerprint density at radius 1 is 1.11 bits per heavy atom. The monoisotopic (exact) mass is 354 g/mol. The Morgan fingerprint density at radius 3 is 2.81 bits per heavy atom. The molecule has 1 aliphatic rings. The number of pyridine rings is 1. The van der Waals surface area contributed by atoms with Gasteiger partial charge in [0.25, 0.3) is 0 Å². The Bertz CT molecular complexity index is 1190. The van der Waals surface area contributed by atoms with Crippen molar-refractivity contribution in [2.75, 3.05) is 0 Å². The van der Waals surface area contributed by atoms with E-state index in [0.29, 0.717) is 6.42 Å². The lowest BCUT2D eigenvalue weighted by atomic mass is 10.0. The second kappa shape index (κ2) is 6.02. The number of aryl methyl sites for hydroxylation is 1. The minimum absolute atomic E-state index is 0.218. The maximum atomic E-state index is 9.67. The van der Waals surface area contributed by atoms with Gasteiger partial charge in [-0.1, -0.05) is 36.4 Å². The quantitative estimate of drug-likeness (QED) is 0.556. The van der Waals surface area contributed by atoms with Crippen molar-refractivity contribution in [3.63, 3.8) is 0 Å². The number of rotatable bonds is 2. The molecule has 1 N–H and O–H groups in total. The van der Waals surface area contributed by atoms with Gasteiger partial charge in [0.15, 0.2) is 0 Å². The van der Waals surface area contributed by atoms with E-state index >= 15 is 0 Å². The average Bonchev–Trinajstić information content (AvgIpc) is 3.23. The van der Waals surface area contributed by atoms with E-state index in [-0.39, 0.29) is 5.75 Å². The molecule has 0 amide bonds. The largest absolute Gasteiger partial charge is 0.508 e. The summed E-state index contributed by atoms with van der Waals surface area (Å²) in [4.78, 5) is 4.57. The summed E-state index contributed by atoms with van der Waals surface area (Å²) in [6.45, 7) is 0. The maximum Gasteiger partial charge on any atom is 0.140 e. The first-order chi connectivity index (χ1) is 13.2. The molecule has 0 saturated heterocycles. The molecule has 0 fully saturated rings. The van der Waals surface area contributed by atoms with E-state index in [4.69, 9.17) is 4.74 Å². The first-order valence-corrected chi connectivity index (χ1v) is 8.89. The van der Waals surface area contributed by atoms with E-state index < -0.39 is 0 Å². The normalized spacial score (nSPS) is 14.5. The van der Waals surface area contributed by atoms with Gasteiger partial charge in [-0.25, -0.2) is 4.98 Å². The van der Waals surface area contributed by atoms with Crippen LogP contribution in [0.3, 0.4) is 0 Å². The third-order valence-corrected chi connectivity index (χ3v) is 4.94. The molecule has 27 heavy (non-hydrogen) atoms. The first-order valence-electron chi connectivity index (χ1n) is 8.89. The number of nitrogens with zero attached hydrogens (tertiary/aromatic N) is 2. The number of benzene rings is 2. The molecule has 2 aromatic heterocycles. The third kappa shape index (κ3) is 2.66. The molecule has 0 radical (unpaired) electrons. The molecule has 0 aliphatic carbocycles. The van der Waals surface area contributed by atoms with E-state index in [2.05, 4.69) is 35.5 Å². The SMILES string of the molecule is Cn1cc(/C=C2/Cc3ccc(O)cc3O2)c2c(-c3ccccc3)ccnc21. The first kappa shape index (κ1) is 15.7. The van der Waals surface area contributed by atoms with E-state index in [1.807, 2.05) is 42.1 Å². The van der Waals surface area contributed by atoms with Gasteiger partial charge in [0.2, 0.25) is 0 Å². The van der Waals surface area contributed by atoms with Crippen LogP contribution >= 0.6 is 0 Å². The second-order valence-corrected chi connectivity index (χ2v) is 6.80. The van der Waals surface area contributed by atoms with Gasteiger partial charge < -0.3 is 14.4 Å². The number of phenolic OH excluding ortho intramolecular Hbond substituents is 1. The van der Waals surface area contributed by atoms with Crippen LogP contribution in [0.15, 0.2) is 72.8 Å². The highest BCUT2D eigenvalue weighted by molar-refractivity contribution is 5.99. The number of hydrogen-bond donors (Lipinski definition) is 1. The molecular formula is C23H18N2O2. The van der Waals surface area contributed by atoms with Crippen molar-refractivity contribution in [1.82, 2.24) is 9.55 Å². The number of aromatic hydroxyl groups is 1. The molecule has 5 rings (SSSR count). The summed E-state index contributed by atoms with van der Waals surface area (Å²) in [6.07, 6.45) is 6.73. The highest BCUT2D eigenvalue weighted by atomic mass is 16.5. The van der Waals surface area contributed by atoms with Gasteiger partial charge in [0, 0.05) is 48.4 Å². The van der Waals surface area contributed by atoms with Crippen LogP contribution in [-0.4, -0.2) is 14.7 Å². The zero-order valence-corrected chi connectivity index (χ0v) is 14.9. The number of ether oxygens (including phenoxy) is 1. The smallest absolute Gasteiger partial charge is 0.140 e. The number of allylic oxidation sites excluding steroid dienone is 1. The van der Waals surface area contributed by atoms with Gasteiger partial charge in [-0.3, -0.25) is 0 Å². The summed E-state index contributed by atoms with van der Waals surface area (Å²) in [5, 5.41) is 10.8. The van der Waals surface area contributed by atoms with Crippen molar-refractivity contribution in [2.45, 2.75) is 6.42 Å². The van der Waals surface area contributed by atoms with Crippen LogP contribution in [0.1, 0.15) is 11.1 Å². The summed E-state index contributed by atoms with van der Waals surface area (Å²) in [5.41, 5.74) is 5.42. The van der Waals surface area contributed by atoms with Crippen molar-refractivity contribution in [3.8, 4) is 22.6 Å². The van der Waals surface area contributed by atoms with Crippen molar-refractivity contribution in [2.24, 2.45) is 7.05 Å². The summed E-state index contributed by atoms with van der Waals surface area (Å²) >= 11 is 0. The van der Waals surface area contributed by atoms with Crippen LogP contribution < -0.4 is 4.74 Å². The molecule has 0 atom stereocenters. The van der Waals surface area contributed by atoms with E-state index in [9.17, 15) is 5.11 Å². The fourth-order valence-electron chi connectivity index (χ4n) is 3.71. The third-order valence-electron chi connectivity index (χ3n) is 4.94. The standard InChI is InChI=1S/C23H18N2O2/c1-25-14-17(12-19-11-16-7-8-18(26)13-21(16)27-19)22-20(9-10-24-23(22)25)15-5-3-2-4-6-15/h2-10,12-14,26H,11H2,1H3/b19-12-. The van der Waals surface area contributed by atoms with Crippen molar-refractivity contribution >= 4 is 17.1 Å². The Balaban J connectivity index is 1.65. The van der Waals surface area contributed by atoms with Gasteiger partial charge in [-0.2, -0.15) is 0 Å². The molecule has 0 spiro atoms. The summed E-state index contributed by atoms with van der Waals surface area (Å²) in [7, 11) is 2.01. The second-order valence-electron chi connectivity index (χ2n) is 6.80. The number of aromatic nitrogens is 2. The van der Waals surface area contributed by atoms with Gasteiger partial charge in [0.1, 0.15) is 22.9 Å². The fraction of sp³-hybridized carbons (Fsp3) is 0.0870. The molecule has 3 heterocycles. The van der Waals surface area contributed by atoms with Crippen LogP contribution in [-0.2, 0) is 13.5 Å². The lowest BCUT2D eigenvalue weighted by molar-refractivity contribution is 0.440. The van der Waals surface area contributed by atoms with Gasteiger partial charge >= 0.3 is 0 Å². The lowest BCUT2D eigenvalue weighted by Crippen LogP contribution is -1.89. The van der Waals surface area contributed by atoms with Gasteiger partial charge in [-0.15, -0.1) is 0 Å². The van der Waals surface area contributed by atoms with Crippen molar-refractivity contribution in [3.05, 3.63) is 83.9 Å². The maximum absolute atomic E-state index is 9.67. The van der Waals surface area contributed by atoms with Gasteiger partial charge in [0.05, 0.1) is 0 Å². The minimum Gasteiger partial charge on any atom is -0.508 e. The van der Waals surface area contributed by atoms with E-state index in [1.54, 1.807) is 12.1 Å². The van der Waals surface area contributed by atoms with Crippen molar-refractivity contribution in [1.29, 1.82) is 0 Å². The van der Waals surface area contributed by atoms with Crippen LogP contribution in [0.5, 0.6) is 11.5 Å². The zero-order valence-electron chi connectivity index (χ0n) is 14.9. The molecule has 2 aromatic carbocycles. The number of phenols is 1. The molecule has 4 aromatic rings. The predicted molar refractivity (Wildman–Crippen MR) is 107 cm³/mol. The Hall–Kier alpha value is -3.53. The average molecular weight is 354 g/mol. The van der Waals surface area contributed by atoms with Crippen LogP contribution in [0, 0.1) is 0 Å². The van der Waals surface area contributed by atoms with Crippen LogP contribution in [0.4, 0.5) is 0 Å².